The molecule has 0 amide bonds. The predicted octanol–water partition coefficient (Wildman–Crippen LogP) is 4.78. The summed E-state index contributed by atoms with van der Waals surface area (Å²) < 4.78 is 21.4. The number of anilines is 1. The fourth-order valence-corrected chi connectivity index (χ4v) is 5.02. The van der Waals surface area contributed by atoms with E-state index in [0.717, 1.165) is 61.7 Å². The highest BCUT2D eigenvalue weighted by Gasteiger charge is 2.26. The van der Waals surface area contributed by atoms with Crippen LogP contribution in [0, 0.1) is 11.7 Å². The Balaban J connectivity index is 1.53. The third-order valence-corrected chi connectivity index (χ3v) is 6.91. The monoisotopic (exact) mass is 424 g/mol. The van der Waals surface area contributed by atoms with E-state index in [0.29, 0.717) is 10.8 Å². The zero-order valence-corrected chi connectivity index (χ0v) is 17.7. The zero-order valence-electron chi connectivity index (χ0n) is 16.1. The van der Waals surface area contributed by atoms with Crippen molar-refractivity contribution in [3.8, 4) is 0 Å². The van der Waals surface area contributed by atoms with Gasteiger partial charge in [0.25, 0.3) is 0 Å². The highest BCUT2D eigenvalue weighted by molar-refractivity contribution is 7.98. The van der Waals surface area contributed by atoms with Crippen molar-refractivity contribution in [1.82, 2.24) is 14.8 Å². The first-order valence-corrected chi connectivity index (χ1v) is 11.3. The molecule has 1 unspecified atom stereocenters. The first-order chi connectivity index (χ1) is 13.6. The van der Waals surface area contributed by atoms with Gasteiger partial charge in [0.2, 0.25) is 5.95 Å². The average molecular weight is 425 g/mol. The van der Waals surface area contributed by atoms with Crippen LogP contribution in [0.5, 0.6) is 0 Å². The van der Waals surface area contributed by atoms with Gasteiger partial charge in [-0.25, -0.2) is 4.39 Å². The quantitative estimate of drug-likeness (QED) is 0.624. The number of hydrogen-bond acceptors (Lipinski definition) is 5. The lowest BCUT2D eigenvalue weighted by Gasteiger charge is -2.31. The molecule has 2 aliphatic heterocycles. The van der Waals surface area contributed by atoms with Gasteiger partial charge in [-0.15, -0.1) is 10.2 Å². The number of rotatable bonds is 6. The molecule has 2 saturated heterocycles. The van der Waals surface area contributed by atoms with Crippen molar-refractivity contribution < 1.29 is 9.13 Å². The molecule has 8 heteroatoms. The van der Waals surface area contributed by atoms with Gasteiger partial charge in [-0.2, -0.15) is 0 Å². The number of halogens is 2. The van der Waals surface area contributed by atoms with Crippen LogP contribution in [0.25, 0.3) is 0 Å². The summed E-state index contributed by atoms with van der Waals surface area (Å²) in [5.74, 6) is 2.01. The second-order valence-electron chi connectivity index (χ2n) is 7.72. The number of hydrogen-bond donors (Lipinski definition) is 0. The normalized spacial score (nSPS) is 20.8. The van der Waals surface area contributed by atoms with Crippen LogP contribution >= 0.6 is 23.4 Å². The Labute approximate surface area is 174 Å². The minimum absolute atomic E-state index is 0.215. The lowest BCUT2D eigenvalue weighted by Crippen LogP contribution is -2.35. The second kappa shape index (κ2) is 9.01. The molecule has 28 heavy (non-hydrogen) atoms. The fraction of sp³-hybridized carbons (Fsp3) is 0.600. The van der Waals surface area contributed by atoms with Gasteiger partial charge < -0.3 is 9.64 Å². The third-order valence-electron chi connectivity index (χ3n) is 5.55. The zero-order chi connectivity index (χ0) is 19.5. The van der Waals surface area contributed by atoms with E-state index in [1.54, 1.807) is 17.8 Å². The number of aromatic nitrogens is 3. The maximum Gasteiger partial charge on any atom is 0.228 e. The van der Waals surface area contributed by atoms with E-state index in [1.165, 1.54) is 25.0 Å². The molecule has 1 aromatic heterocycles. The van der Waals surface area contributed by atoms with Gasteiger partial charge in [0, 0.05) is 30.5 Å². The Bertz CT molecular complexity index is 803. The summed E-state index contributed by atoms with van der Waals surface area (Å²) in [7, 11) is 0. The Kier molecular flexibility index (Phi) is 6.43. The third kappa shape index (κ3) is 4.63. The van der Waals surface area contributed by atoms with Crippen LogP contribution in [0.2, 0.25) is 5.02 Å². The minimum atomic E-state index is -0.318. The molecule has 0 spiro atoms. The first-order valence-electron chi connectivity index (χ1n) is 9.96. The molecule has 0 radical (unpaired) electrons. The van der Waals surface area contributed by atoms with E-state index in [2.05, 4.69) is 26.6 Å². The largest absolute Gasteiger partial charge is 0.376 e. The number of thioether (sulfide) groups is 1. The number of nitrogens with zero attached hydrogens (tertiary/aromatic N) is 4. The SMILES string of the molecule is CC1CCN(c2nnc(SCc3ccc(F)cc3Cl)n2CC2CCCO2)CC1. The number of benzene rings is 1. The van der Waals surface area contributed by atoms with Crippen LogP contribution in [0.3, 0.4) is 0 Å². The van der Waals surface area contributed by atoms with E-state index in [9.17, 15) is 4.39 Å². The number of ether oxygens (including phenoxy) is 1. The van der Waals surface area contributed by atoms with Gasteiger partial charge in [0.05, 0.1) is 12.6 Å². The van der Waals surface area contributed by atoms with Gasteiger partial charge in [-0.3, -0.25) is 4.57 Å². The molecule has 152 valence electrons. The predicted molar refractivity (Wildman–Crippen MR) is 111 cm³/mol. The molecule has 5 nitrogen and oxygen atoms in total. The lowest BCUT2D eigenvalue weighted by atomic mass is 10.00. The van der Waals surface area contributed by atoms with E-state index in [-0.39, 0.29) is 11.9 Å². The van der Waals surface area contributed by atoms with Gasteiger partial charge in [-0.05, 0) is 49.3 Å². The molecular weight excluding hydrogens is 399 g/mol. The second-order valence-corrected chi connectivity index (χ2v) is 9.07. The molecule has 2 fully saturated rings. The van der Waals surface area contributed by atoms with Crippen molar-refractivity contribution in [2.45, 2.75) is 56.2 Å². The smallest absolute Gasteiger partial charge is 0.228 e. The summed E-state index contributed by atoms with van der Waals surface area (Å²) in [6.45, 7) is 5.94. The van der Waals surface area contributed by atoms with Crippen LogP contribution in [0.1, 0.15) is 38.2 Å². The van der Waals surface area contributed by atoms with Crippen molar-refractivity contribution in [2.75, 3.05) is 24.6 Å². The maximum atomic E-state index is 13.3. The summed E-state index contributed by atoms with van der Waals surface area (Å²) in [4.78, 5) is 2.34. The molecule has 0 saturated carbocycles. The van der Waals surface area contributed by atoms with Crippen molar-refractivity contribution in [3.63, 3.8) is 0 Å². The fourth-order valence-electron chi connectivity index (χ4n) is 3.76. The topological polar surface area (TPSA) is 43.2 Å². The molecule has 1 atom stereocenters. The summed E-state index contributed by atoms with van der Waals surface area (Å²) in [6, 6.07) is 4.53. The molecule has 2 aromatic rings. The van der Waals surface area contributed by atoms with Crippen molar-refractivity contribution >= 4 is 29.3 Å². The van der Waals surface area contributed by atoms with E-state index >= 15 is 0 Å². The van der Waals surface area contributed by atoms with Gasteiger partial charge in [0.15, 0.2) is 5.16 Å². The van der Waals surface area contributed by atoms with Crippen molar-refractivity contribution in [2.24, 2.45) is 5.92 Å². The summed E-state index contributed by atoms with van der Waals surface area (Å²) in [5, 5.41) is 10.3. The molecule has 4 rings (SSSR count). The van der Waals surface area contributed by atoms with Gasteiger partial charge in [-0.1, -0.05) is 36.4 Å². The molecule has 0 bridgehead atoms. The van der Waals surface area contributed by atoms with Crippen LogP contribution in [-0.2, 0) is 17.0 Å². The molecule has 3 heterocycles. The van der Waals surface area contributed by atoms with E-state index in [1.807, 2.05) is 0 Å². The van der Waals surface area contributed by atoms with Gasteiger partial charge >= 0.3 is 0 Å². The van der Waals surface area contributed by atoms with Crippen molar-refractivity contribution in [3.05, 3.63) is 34.6 Å². The summed E-state index contributed by atoms with van der Waals surface area (Å²) in [6.07, 6.45) is 4.76. The Morgan fingerprint density at radius 3 is 2.79 bits per heavy atom. The molecule has 0 N–H and O–H groups in total. The lowest BCUT2D eigenvalue weighted by molar-refractivity contribution is 0.0951. The van der Waals surface area contributed by atoms with Crippen LogP contribution in [-0.4, -0.2) is 40.6 Å². The van der Waals surface area contributed by atoms with E-state index < -0.39 is 0 Å². The van der Waals surface area contributed by atoms with E-state index in [4.69, 9.17) is 16.3 Å². The Morgan fingerprint density at radius 2 is 2.07 bits per heavy atom. The van der Waals surface area contributed by atoms with Gasteiger partial charge in [0.1, 0.15) is 5.82 Å². The number of piperidine rings is 1. The minimum Gasteiger partial charge on any atom is -0.376 e. The first kappa shape index (κ1) is 20.0. The maximum absolute atomic E-state index is 13.3. The summed E-state index contributed by atoms with van der Waals surface area (Å²) in [5.41, 5.74) is 0.896. The summed E-state index contributed by atoms with van der Waals surface area (Å²) >= 11 is 7.78. The molecular formula is C20H26ClFN4OS. The molecule has 0 aliphatic carbocycles. The highest BCUT2D eigenvalue weighted by Crippen LogP contribution is 2.31. The highest BCUT2D eigenvalue weighted by atomic mass is 35.5. The van der Waals surface area contributed by atoms with Crippen molar-refractivity contribution in [1.29, 1.82) is 0 Å². The van der Waals surface area contributed by atoms with Crippen LogP contribution in [0.15, 0.2) is 23.4 Å². The Morgan fingerprint density at radius 1 is 1.25 bits per heavy atom. The average Bonchev–Trinajstić information content (AvgIpc) is 3.33. The standard InChI is InChI=1S/C20H26ClFN4OS/c1-14-6-8-25(9-7-14)19-23-24-20(26(19)12-17-3-2-10-27-17)28-13-15-4-5-16(22)11-18(15)21/h4-5,11,14,17H,2-3,6-10,12-13H2,1H3. The molecule has 2 aliphatic rings. The van der Waals surface area contributed by atoms with Crippen LogP contribution in [0.4, 0.5) is 10.3 Å². The van der Waals surface area contributed by atoms with Crippen LogP contribution < -0.4 is 4.90 Å². The molecule has 1 aromatic carbocycles. The Hall–Kier alpha value is -1.31.